The van der Waals surface area contributed by atoms with Gasteiger partial charge in [-0.15, -0.1) is 0 Å². The molecule has 0 aliphatic carbocycles. The van der Waals surface area contributed by atoms with E-state index in [4.69, 9.17) is 25.4 Å². The summed E-state index contributed by atoms with van der Waals surface area (Å²) in [5.41, 5.74) is 9.91. The second kappa shape index (κ2) is 7.70. The van der Waals surface area contributed by atoms with Crippen LogP contribution in [-0.2, 0) is 11.3 Å². The van der Waals surface area contributed by atoms with E-state index in [2.05, 4.69) is 28.6 Å². The van der Waals surface area contributed by atoms with Gasteiger partial charge in [0.2, 0.25) is 0 Å². The maximum absolute atomic E-state index is 14.0. The van der Waals surface area contributed by atoms with Crippen LogP contribution in [0.2, 0.25) is 0 Å². The molecule has 0 unspecified atom stereocenters. The number of hydrogen-bond donors (Lipinski definition) is 1. The summed E-state index contributed by atoms with van der Waals surface area (Å²) in [6.07, 6.45) is 6.21. The van der Waals surface area contributed by atoms with Crippen LogP contribution < -0.4 is 15.5 Å². The van der Waals surface area contributed by atoms with Gasteiger partial charge in [-0.1, -0.05) is 6.92 Å². The minimum Gasteiger partial charge on any atom is -0.376 e. The van der Waals surface area contributed by atoms with E-state index in [1.807, 2.05) is 6.20 Å². The summed E-state index contributed by atoms with van der Waals surface area (Å²) < 4.78 is 19.9. The average Bonchev–Trinajstić information content (AvgIpc) is 3.36. The standard InChI is InChI=1S/C24H30FN7O/c1-14-3-6-32(18-9-16(25)10-27-20(14)18)23-21-17(11-29-23)30-19(12-28-21)31-7-4-24(5-8-31)13-33-15(2)22(24)26/h9-10,12,14-15,22H,3-8,11,13,26H2,1-2H3/t14-,15-,22+/m0/s1. The SMILES string of the molecule is C[C@@H]1OCC2(CCN(c3cnc4c(n3)CN=C4N3CC[C@H](C)c4ncc(F)cc43)CC2)[C@@H]1N. The van der Waals surface area contributed by atoms with Crippen molar-refractivity contribution in [1.82, 2.24) is 15.0 Å². The highest BCUT2D eigenvalue weighted by Crippen LogP contribution is 2.42. The number of aromatic nitrogens is 3. The number of rotatable bonds is 1. The van der Waals surface area contributed by atoms with Gasteiger partial charge in [0.05, 0.1) is 48.7 Å². The quantitative estimate of drug-likeness (QED) is 0.712. The Morgan fingerprint density at radius 1 is 1.15 bits per heavy atom. The lowest BCUT2D eigenvalue weighted by Gasteiger charge is -2.41. The maximum Gasteiger partial charge on any atom is 0.156 e. The van der Waals surface area contributed by atoms with Crippen molar-refractivity contribution < 1.29 is 9.13 Å². The van der Waals surface area contributed by atoms with Crippen molar-refractivity contribution in [2.24, 2.45) is 16.1 Å². The van der Waals surface area contributed by atoms with Crippen LogP contribution in [0.25, 0.3) is 0 Å². The number of nitrogens with two attached hydrogens (primary N) is 1. The Morgan fingerprint density at radius 2 is 1.97 bits per heavy atom. The molecular formula is C24H30FN7O. The zero-order valence-electron chi connectivity index (χ0n) is 19.2. The number of nitrogens with zero attached hydrogens (tertiary/aromatic N) is 6. The third kappa shape index (κ3) is 3.32. The van der Waals surface area contributed by atoms with E-state index < -0.39 is 0 Å². The Hall–Kier alpha value is -2.65. The van der Waals surface area contributed by atoms with Gasteiger partial charge in [0.1, 0.15) is 17.3 Å². The highest BCUT2D eigenvalue weighted by Gasteiger charge is 2.47. The number of hydrogen-bond acceptors (Lipinski definition) is 8. The van der Waals surface area contributed by atoms with E-state index in [0.717, 1.165) is 79.9 Å². The predicted octanol–water partition coefficient (Wildman–Crippen LogP) is 2.62. The second-order valence-electron chi connectivity index (χ2n) is 9.95. The van der Waals surface area contributed by atoms with Gasteiger partial charge in [0, 0.05) is 43.1 Å². The van der Waals surface area contributed by atoms with Crippen LogP contribution in [0.1, 0.15) is 56.1 Å². The summed E-state index contributed by atoms with van der Waals surface area (Å²) in [4.78, 5) is 23.2. The summed E-state index contributed by atoms with van der Waals surface area (Å²) in [5, 5.41) is 0. The number of fused-ring (bicyclic) bond motifs is 2. The van der Waals surface area contributed by atoms with Crippen molar-refractivity contribution in [3.05, 3.63) is 41.4 Å². The van der Waals surface area contributed by atoms with E-state index >= 15 is 0 Å². The average molecular weight is 452 g/mol. The second-order valence-corrected chi connectivity index (χ2v) is 9.95. The van der Waals surface area contributed by atoms with Gasteiger partial charge in [-0.2, -0.15) is 0 Å². The van der Waals surface area contributed by atoms with Crippen LogP contribution in [0.5, 0.6) is 0 Å². The molecule has 0 bridgehead atoms. The molecule has 1 spiro atoms. The Balaban J connectivity index is 1.22. The fourth-order valence-corrected chi connectivity index (χ4v) is 5.79. The van der Waals surface area contributed by atoms with Gasteiger partial charge in [0.15, 0.2) is 5.84 Å². The van der Waals surface area contributed by atoms with Crippen molar-refractivity contribution in [3.8, 4) is 0 Å². The molecule has 174 valence electrons. The van der Waals surface area contributed by atoms with Crippen molar-refractivity contribution in [2.45, 2.75) is 57.7 Å². The fourth-order valence-electron chi connectivity index (χ4n) is 5.79. The molecule has 33 heavy (non-hydrogen) atoms. The molecule has 6 heterocycles. The molecule has 3 atom stereocenters. The van der Waals surface area contributed by atoms with Gasteiger partial charge in [-0.3, -0.25) is 9.98 Å². The lowest BCUT2D eigenvalue weighted by atomic mass is 9.73. The molecule has 8 nitrogen and oxygen atoms in total. The lowest BCUT2D eigenvalue weighted by Crippen LogP contribution is -2.50. The Labute approximate surface area is 193 Å². The largest absolute Gasteiger partial charge is 0.376 e. The molecule has 2 N–H and O–H groups in total. The predicted molar refractivity (Wildman–Crippen MR) is 124 cm³/mol. The molecule has 0 aromatic carbocycles. The smallest absolute Gasteiger partial charge is 0.156 e. The number of anilines is 2. The highest BCUT2D eigenvalue weighted by atomic mass is 19.1. The molecule has 2 fully saturated rings. The van der Waals surface area contributed by atoms with Gasteiger partial charge in [-0.25, -0.2) is 14.4 Å². The molecular weight excluding hydrogens is 421 g/mol. The molecule has 2 aromatic heterocycles. The van der Waals surface area contributed by atoms with Gasteiger partial charge < -0.3 is 20.3 Å². The zero-order chi connectivity index (χ0) is 22.7. The molecule has 4 aliphatic rings. The molecule has 0 radical (unpaired) electrons. The minimum absolute atomic E-state index is 0.0818. The summed E-state index contributed by atoms with van der Waals surface area (Å²) in [5.74, 6) is 1.61. The van der Waals surface area contributed by atoms with Crippen LogP contribution in [0.4, 0.5) is 15.9 Å². The number of pyridine rings is 1. The van der Waals surface area contributed by atoms with Crippen molar-refractivity contribution in [1.29, 1.82) is 0 Å². The van der Waals surface area contributed by atoms with Crippen molar-refractivity contribution in [3.63, 3.8) is 0 Å². The first-order valence-electron chi connectivity index (χ1n) is 11.9. The molecule has 4 aliphatic heterocycles. The van der Waals surface area contributed by atoms with Crippen LogP contribution in [0.3, 0.4) is 0 Å². The molecule has 9 heteroatoms. The highest BCUT2D eigenvalue weighted by molar-refractivity contribution is 6.11. The molecule has 0 saturated carbocycles. The fraction of sp³-hybridized carbons (Fsp3) is 0.583. The molecule has 2 aromatic rings. The number of halogens is 1. The first-order valence-corrected chi connectivity index (χ1v) is 11.9. The lowest BCUT2D eigenvalue weighted by molar-refractivity contribution is 0.0974. The topological polar surface area (TPSA) is 92.8 Å². The Morgan fingerprint density at radius 3 is 2.73 bits per heavy atom. The van der Waals surface area contributed by atoms with E-state index in [1.165, 1.54) is 6.20 Å². The number of ether oxygens (including phenoxy) is 1. The summed E-state index contributed by atoms with van der Waals surface area (Å²) in [6.45, 7) is 7.99. The molecule has 6 rings (SSSR count). The normalized spacial score (nSPS) is 28.1. The van der Waals surface area contributed by atoms with E-state index in [1.54, 1.807) is 6.07 Å². The number of aliphatic imine (C=N–C) groups is 1. The van der Waals surface area contributed by atoms with E-state index in [-0.39, 0.29) is 29.3 Å². The third-order valence-electron chi connectivity index (χ3n) is 8.02. The third-order valence-corrected chi connectivity index (χ3v) is 8.02. The van der Waals surface area contributed by atoms with Gasteiger partial charge in [-0.05, 0) is 26.2 Å². The summed E-state index contributed by atoms with van der Waals surface area (Å²) in [7, 11) is 0. The van der Waals surface area contributed by atoms with Crippen molar-refractivity contribution in [2.75, 3.05) is 36.0 Å². The van der Waals surface area contributed by atoms with Crippen LogP contribution in [0, 0.1) is 11.2 Å². The first kappa shape index (κ1) is 20.9. The van der Waals surface area contributed by atoms with Gasteiger partial charge >= 0.3 is 0 Å². The van der Waals surface area contributed by atoms with Crippen LogP contribution in [0.15, 0.2) is 23.5 Å². The zero-order valence-corrected chi connectivity index (χ0v) is 19.2. The monoisotopic (exact) mass is 451 g/mol. The molecule has 2 saturated heterocycles. The number of piperidine rings is 1. The first-order chi connectivity index (χ1) is 15.9. The van der Waals surface area contributed by atoms with Crippen LogP contribution >= 0.6 is 0 Å². The maximum atomic E-state index is 14.0. The molecule has 0 amide bonds. The Bertz CT molecular complexity index is 1110. The summed E-state index contributed by atoms with van der Waals surface area (Å²) in [6, 6.07) is 1.65. The minimum atomic E-state index is -0.335. The summed E-state index contributed by atoms with van der Waals surface area (Å²) >= 11 is 0. The van der Waals surface area contributed by atoms with E-state index in [0.29, 0.717) is 6.54 Å². The van der Waals surface area contributed by atoms with Gasteiger partial charge in [0.25, 0.3) is 0 Å². The van der Waals surface area contributed by atoms with Crippen molar-refractivity contribution >= 4 is 17.3 Å². The van der Waals surface area contributed by atoms with E-state index in [9.17, 15) is 4.39 Å². The number of amidine groups is 1. The van der Waals surface area contributed by atoms with Crippen LogP contribution in [-0.4, -0.2) is 59.2 Å². The Kier molecular flexibility index (Phi) is 4.88.